The third-order valence-corrected chi connectivity index (χ3v) is 5.12. The van der Waals surface area contributed by atoms with Crippen molar-refractivity contribution >= 4 is 17.6 Å². The second-order valence-electron chi connectivity index (χ2n) is 7.50. The van der Waals surface area contributed by atoms with Gasteiger partial charge in [-0.2, -0.15) is 0 Å². The number of aromatic carboxylic acids is 1. The molecule has 0 spiro atoms. The molecule has 1 saturated heterocycles. The molecule has 0 aromatic heterocycles. The van der Waals surface area contributed by atoms with E-state index in [-0.39, 0.29) is 16.9 Å². The Morgan fingerprint density at radius 3 is 1.58 bits per heavy atom. The van der Waals surface area contributed by atoms with E-state index in [0.29, 0.717) is 17.5 Å². The van der Waals surface area contributed by atoms with E-state index in [9.17, 15) is 15.0 Å². The molecule has 0 bridgehead atoms. The van der Waals surface area contributed by atoms with Crippen LogP contribution in [-0.2, 0) is 10.2 Å². The molecule has 1 atom stereocenters. The summed E-state index contributed by atoms with van der Waals surface area (Å²) in [5.41, 5.74) is 2.43. The summed E-state index contributed by atoms with van der Waals surface area (Å²) in [4.78, 5) is 10.2. The smallest absolute Gasteiger partial charge is 0.335 e. The second-order valence-corrected chi connectivity index (χ2v) is 7.81. The van der Waals surface area contributed by atoms with Gasteiger partial charge in [-0.3, -0.25) is 0 Å². The largest absolute Gasteiger partial charge is 0.508 e. The SMILES string of the molecule is CC(C)(c1ccc(O)cc1)c1ccc(O)cc1.ClCC1CO1.O=C(O)c1ccccc1. The van der Waals surface area contributed by atoms with E-state index < -0.39 is 5.97 Å². The van der Waals surface area contributed by atoms with Crippen LogP contribution in [0.25, 0.3) is 0 Å². The van der Waals surface area contributed by atoms with E-state index in [0.717, 1.165) is 17.7 Å². The topological polar surface area (TPSA) is 90.3 Å². The first-order valence-electron chi connectivity index (χ1n) is 9.79. The molecule has 31 heavy (non-hydrogen) atoms. The molecule has 3 N–H and O–H groups in total. The zero-order chi connectivity index (χ0) is 22.9. The van der Waals surface area contributed by atoms with E-state index in [1.807, 2.05) is 24.3 Å². The van der Waals surface area contributed by atoms with Crippen LogP contribution in [0, 0.1) is 0 Å². The summed E-state index contributed by atoms with van der Waals surface area (Å²) < 4.78 is 4.73. The predicted octanol–water partition coefficient (Wildman–Crippen LogP) is 5.43. The van der Waals surface area contributed by atoms with Crippen LogP contribution in [0.2, 0.25) is 0 Å². The first-order valence-corrected chi connectivity index (χ1v) is 10.3. The number of aromatic hydroxyl groups is 2. The maximum atomic E-state index is 10.2. The molecule has 6 heteroatoms. The highest BCUT2D eigenvalue weighted by Crippen LogP contribution is 2.32. The molecule has 0 saturated carbocycles. The minimum Gasteiger partial charge on any atom is -0.508 e. The summed E-state index contributed by atoms with van der Waals surface area (Å²) in [7, 11) is 0. The van der Waals surface area contributed by atoms with E-state index >= 15 is 0 Å². The third kappa shape index (κ3) is 7.96. The van der Waals surface area contributed by atoms with Crippen molar-refractivity contribution in [3.8, 4) is 11.5 Å². The van der Waals surface area contributed by atoms with Gasteiger partial charge in [0.15, 0.2) is 0 Å². The van der Waals surface area contributed by atoms with Gasteiger partial charge in [0.2, 0.25) is 0 Å². The number of phenolic OH excluding ortho intramolecular Hbond substituents is 2. The Morgan fingerprint density at radius 2 is 1.32 bits per heavy atom. The number of halogens is 1. The van der Waals surface area contributed by atoms with Crippen LogP contribution in [0.15, 0.2) is 78.9 Å². The summed E-state index contributed by atoms with van der Waals surface area (Å²) >= 11 is 5.27. The van der Waals surface area contributed by atoms with Crippen LogP contribution in [-0.4, -0.2) is 39.9 Å². The van der Waals surface area contributed by atoms with Crippen molar-refractivity contribution in [2.75, 3.05) is 12.5 Å². The van der Waals surface area contributed by atoms with Gasteiger partial charge in [-0.15, -0.1) is 11.6 Å². The first kappa shape index (κ1) is 24.3. The van der Waals surface area contributed by atoms with Crippen molar-refractivity contribution in [1.29, 1.82) is 0 Å². The maximum Gasteiger partial charge on any atom is 0.335 e. The Morgan fingerprint density at radius 1 is 0.903 bits per heavy atom. The van der Waals surface area contributed by atoms with E-state index in [1.54, 1.807) is 54.6 Å². The molecule has 3 aromatic carbocycles. The van der Waals surface area contributed by atoms with Crippen LogP contribution < -0.4 is 0 Å². The van der Waals surface area contributed by atoms with Crippen molar-refractivity contribution in [3.63, 3.8) is 0 Å². The van der Waals surface area contributed by atoms with Gasteiger partial charge in [-0.05, 0) is 47.5 Å². The molecule has 1 fully saturated rings. The molecule has 1 aliphatic rings. The highest BCUT2D eigenvalue weighted by molar-refractivity contribution is 6.18. The summed E-state index contributed by atoms with van der Waals surface area (Å²) in [6, 6.07) is 22.7. The summed E-state index contributed by atoms with van der Waals surface area (Å²) in [5, 5.41) is 27.0. The number of alkyl halides is 1. The lowest BCUT2D eigenvalue weighted by Gasteiger charge is -2.26. The van der Waals surface area contributed by atoms with Gasteiger partial charge in [-0.25, -0.2) is 4.79 Å². The Kier molecular flexibility index (Phi) is 8.91. The molecule has 1 heterocycles. The molecular weight excluding hydrogens is 416 g/mol. The monoisotopic (exact) mass is 442 g/mol. The van der Waals surface area contributed by atoms with Crippen LogP contribution in [0.5, 0.6) is 11.5 Å². The molecule has 164 valence electrons. The number of epoxide rings is 1. The number of ether oxygens (including phenoxy) is 1. The fourth-order valence-corrected chi connectivity index (χ4v) is 2.84. The number of rotatable bonds is 4. The molecule has 0 radical (unpaired) electrons. The Balaban J connectivity index is 0.000000201. The van der Waals surface area contributed by atoms with E-state index in [1.165, 1.54) is 0 Å². The Labute approximate surface area is 187 Å². The van der Waals surface area contributed by atoms with Crippen molar-refractivity contribution in [3.05, 3.63) is 95.6 Å². The normalized spacial score (nSPS) is 14.4. The molecule has 0 aliphatic carbocycles. The van der Waals surface area contributed by atoms with Gasteiger partial charge in [0.1, 0.15) is 11.5 Å². The van der Waals surface area contributed by atoms with Crippen molar-refractivity contribution in [2.45, 2.75) is 25.4 Å². The van der Waals surface area contributed by atoms with Crippen molar-refractivity contribution < 1.29 is 24.9 Å². The fourth-order valence-electron chi connectivity index (χ4n) is 2.66. The van der Waals surface area contributed by atoms with Gasteiger partial charge in [0, 0.05) is 5.41 Å². The van der Waals surface area contributed by atoms with Crippen LogP contribution >= 0.6 is 11.6 Å². The molecule has 3 aromatic rings. The number of hydrogen-bond acceptors (Lipinski definition) is 4. The molecule has 0 amide bonds. The highest BCUT2D eigenvalue weighted by Gasteiger charge is 2.22. The number of carboxylic acid groups (broad SMARTS) is 1. The summed E-state index contributed by atoms with van der Waals surface area (Å²) in [6.45, 7) is 5.11. The number of phenols is 2. The fraction of sp³-hybridized carbons (Fsp3) is 0.240. The quantitative estimate of drug-likeness (QED) is 0.370. The van der Waals surface area contributed by atoms with Crippen LogP contribution in [0.1, 0.15) is 35.3 Å². The third-order valence-electron chi connectivity index (χ3n) is 4.77. The number of carboxylic acids is 1. The van der Waals surface area contributed by atoms with Crippen LogP contribution in [0.4, 0.5) is 0 Å². The maximum absolute atomic E-state index is 10.2. The second kappa shape index (κ2) is 11.4. The lowest BCUT2D eigenvalue weighted by atomic mass is 9.78. The lowest BCUT2D eigenvalue weighted by molar-refractivity contribution is 0.0697. The molecular formula is C25H27ClO5. The Hall–Kier alpha value is -3.02. The summed E-state index contributed by atoms with van der Waals surface area (Å²) in [5.74, 6) is 0.334. The molecule has 5 nitrogen and oxygen atoms in total. The van der Waals surface area contributed by atoms with E-state index in [2.05, 4.69) is 13.8 Å². The predicted molar refractivity (Wildman–Crippen MR) is 122 cm³/mol. The van der Waals surface area contributed by atoms with Gasteiger partial charge < -0.3 is 20.1 Å². The minimum absolute atomic E-state index is 0.151. The van der Waals surface area contributed by atoms with Gasteiger partial charge in [0.05, 0.1) is 24.2 Å². The standard InChI is InChI=1S/C15H16O2.C7H6O2.C3H5ClO/c1-15(2,11-3-7-13(16)8-4-11)12-5-9-14(17)10-6-12;8-7(9)6-4-2-1-3-5-6;4-1-3-2-5-3/h3-10,16-17H,1-2H3;1-5H,(H,8,9);3H,1-2H2. The van der Waals surface area contributed by atoms with Crippen molar-refractivity contribution in [2.24, 2.45) is 0 Å². The zero-order valence-corrected chi connectivity index (χ0v) is 18.3. The minimum atomic E-state index is -0.879. The zero-order valence-electron chi connectivity index (χ0n) is 17.5. The number of hydrogen-bond donors (Lipinski definition) is 3. The summed E-state index contributed by atoms with van der Waals surface area (Å²) in [6.07, 6.45) is 0.400. The van der Waals surface area contributed by atoms with Crippen LogP contribution in [0.3, 0.4) is 0 Å². The molecule has 1 aliphatic heterocycles. The molecule has 1 unspecified atom stereocenters. The van der Waals surface area contributed by atoms with Gasteiger partial charge in [0.25, 0.3) is 0 Å². The van der Waals surface area contributed by atoms with E-state index in [4.69, 9.17) is 21.4 Å². The van der Waals surface area contributed by atoms with Crippen molar-refractivity contribution in [1.82, 2.24) is 0 Å². The first-order chi connectivity index (χ1) is 14.7. The van der Waals surface area contributed by atoms with Gasteiger partial charge in [-0.1, -0.05) is 56.3 Å². The number of carbonyl (C=O) groups is 1. The number of benzene rings is 3. The molecule has 4 rings (SSSR count). The average Bonchev–Trinajstić information content (AvgIpc) is 3.61. The Bertz CT molecular complexity index is 886. The lowest BCUT2D eigenvalue weighted by Crippen LogP contribution is -2.18. The van der Waals surface area contributed by atoms with Gasteiger partial charge >= 0.3 is 5.97 Å². The average molecular weight is 443 g/mol. The highest BCUT2D eigenvalue weighted by atomic mass is 35.5.